The largest absolute Gasteiger partial charge is 0.355 e. The summed E-state index contributed by atoms with van der Waals surface area (Å²) in [7, 11) is 0. The molecule has 0 aromatic carbocycles. The van der Waals surface area contributed by atoms with E-state index in [1.807, 2.05) is 6.20 Å². The van der Waals surface area contributed by atoms with Gasteiger partial charge in [-0.15, -0.1) is 5.10 Å². The first kappa shape index (κ1) is 14.3. The minimum Gasteiger partial charge on any atom is -0.355 e. The maximum absolute atomic E-state index is 4.23. The van der Waals surface area contributed by atoms with Crippen molar-refractivity contribution in [2.45, 2.75) is 33.6 Å². The summed E-state index contributed by atoms with van der Waals surface area (Å²) in [6.07, 6.45) is 4.31. The van der Waals surface area contributed by atoms with Crippen molar-refractivity contribution in [2.24, 2.45) is 11.8 Å². The van der Waals surface area contributed by atoms with E-state index in [0.29, 0.717) is 0 Å². The minimum atomic E-state index is 0.739. The van der Waals surface area contributed by atoms with Crippen molar-refractivity contribution in [3.63, 3.8) is 0 Å². The molecule has 106 valence electrons. The first-order valence-electron chi connectivity index (χ1n) is 7.40. The Morgan fingerprint density at radius 1 is 1.37 bits per heavy atom. The molecule has 19 heavy (non-hydrogen) atoms. The SMILES string of the molecule is Cc1cnnc(N2CCC(CNCC(C)C)CC2)c1. The molecule has 2 heterocycles. The van der Waals surface area contributed by atoms with Crippen LogP contribution in [0.1, 0.15) is 32.3 Å². The molecule has 0 atom stereocenters. The molecule has 4 heteroatoms. The summed E-state index contributed by atoms with van der Waals surface area (Å²) in [6, 6.07) is 2.13. The maximum atomic E-state index is 4.23. The number of anilines is 1. The van der Waals surface area contributed by atoms with E-state index in [4.69, 9.17) is 0 Å². The molecule has 1 aliphatic rings. The van der Waals surface area contributed by atoms with Gasteiger partial charge >= 0.3 is 0 Å². The van der Waals surface area contributed by atoms with Crippen molar-refractivity contribution in [3.05, 3.63) is 17.8 Å². The third-order valence-corrected chi connectivity index (χ3v) is 3.70. The van der Waals surface area contributed by atoms with Crippen LogP contribution in [0.5, 0.6) is 0 Å². The maximum Gasteiger partial charge on any atom is 0.151 e. The monoisotopic (exact) mass is 262 g/mol. The van der Waals surface area contributed by atoms with Crippen LogP contribution in [0.25, 0.3) is 0 Å². The van der Waals surface area contributed by atoms with E-state index in [0.717, 1.165) is 43.8 Å². The number of piperidine rings is 1. The third kappa shape index (κ3) is 4.46. The van der Waals surface area contributed by atoms with E-state index in [1.54, 1.807) is 0 Å². The fourth-order valence-electron chi connectivity index (χ4n) is 2.55. The van der Waals surface area contributed by atoms with Crippen molar-refractivity contribution in [3.8, 4) is 0 Å². The summed E-state index contributed by atoms with van der Waals surface area (Å²) in [5.41, 5.74) is 1.19. The zero-order valence-corrected chi connectivity index (χ0v) is 12.4. The van der Waals surface area contributed by atoms with Gasteiger partial charge in [0.25, 0.3) is 0 Å². The van der Waals surface area contributed by atoms with E-state index >= 15 is 0 Å². The molecule has 0 aliphatic carbocycles. The highest BCUT2D eigenvalue weighted by Crippen LogP contribution is 2.21. The zero-order valence-electron chi connectivity index (χ0n) is 12.4. The highest BCUT2D eigenvalue weighted by atomic mass is 15.3. The third-order valence-electron chi connectivity index (χ3n) is 3.70. The topological polar surface area (TPSA) is 41.1 Å². The second kappa shape index (κ2) is 6.85. The van der Waals surface area contributed by atoms with Crippen molar-refractivity contribution in [1.82, 2.24) is 15.5 Å². The Balaban J connectivity index is 1.76. The first-order valence-corrected chi connectivity index (χ1v) is 7.40. The fraction of sp³-hybridized carbons (Fsp3) is 0.733. The molecule has 0 radical (unpaired) electrons. The second-order valence-corrected chi connectivity index (χ2v) is 6.07. The summed E-state index contributed by atoms with van der Waals surface area (Å²) in [6.45, 7) is 11.1. The number of aromatic nitrogens is 2. The molecule has 1 N–H and O–H groups in total. The van der Waals surface area contributed by atoms with Crippen LogP contribution in [0.4, 0.5) is 5.82 Å². The molecular formula is C15H26N4. The van der Waals surface area contributed by atoms with Crippen LogP contribution < -0.4 is 10.2 Å². The number of rotatable bonds is 5. The Labute approximate surface area is 116 Å². The van der Waals surface area contributed by atoms with E-state index in [-0.39, 0.29) is 0 Å². The molecule has 0 saturated carbocycles. The number of hydrogen-bond acceptors (Lipinski definition) is 4. The van der Waals surface area contributed by atoms with Gasteiger partial charge in [0.1, 0.15) is 0 Å². The van der Waals surface area contributed by atoms with Gasteiger partial charge in [-0.05, 0) is 56.3 Å². The number of hydrogen-bond donors (Lipinski definition) is 1. The van der Waals surface area contributed by atoms with E-state index in [1.165, 1.54) is 18.4 Å². The van der Waals surface area contributed by atoms with Crippen molar-refractivity contribution in [1.29, 1.82) is 0 Å². The van der Waals surface area contributed by atoms with Crippen LogP contribution in [0.2, 0.25) is 0 Å². The van der Waals surface area contributed by atoms with Crippen molar-refractivity contribution >= 4 is 5.82 Å². The molecule has 1 saturated heterocycles. The lowest BCUT2D eigenvalue weighted by Gasteiger charge is -2.32. The van der Waals surface area contributed by atoms with Crippen LogP contribution in [0.3, 0.4) is 0 Å². The van der Waals surface area contributed by atoms with Gasteiger partial charge < -0.3 is 10.2 Å². The van der Waals surface area contributed by atoms with E-state index in [9.17, 15) is 0 Å². The number of aryl methyl sites for hydroxylation is 1. The summed E-state index contributed by atoms with van der Waals surface area (Å²) in [4.78, 5) is 2.36. The average Bonchev–Trinajstić information content (AvgIpc) is 2.39. The molecule has 0 spiro atoms. The van der Waals surface area contributed by atoms with Gasteiger partial charge in [0.15, 0.2) is 5.82 Å². The van der Waals surface area contributed by atoms with Crippen LogP contribution in [0, 0.1) is 18.8 Å². The van der Waals surface area contributed by atoms with Crippen molar-refractivity contribution in [2.75, 3.05) is 31.1 Å². The lowest BCUT2D eigenvalue weighted by molar-refractivity contribution is 0.372. The van der Waals surface area contributed by atoms with Gasteiger partial charge in [0.2, 0.25) is 0 Å². The Bertz CT molecular complexity index is 383. The Kier molecular flexibility index (Phi) is 5.14. The molecular weight excluding hydrogens is 236 g/mol. The highest BCUT2D eigenvalue weighted by molar-refractivity contribution is 5.39. The van der Waals surface area contributed by atoms with Crippen LogP contribution in [-0.4, -0.2) is 36.4 Å². The summed E-state index contributed by atoms with van der Waals surface area (Å²) < 4.78 is 0. The smallest absolute Gasteiger partial charge is 0.151 e. The Hall–Kier alpha value is -1.16. The average molecular weight is 262 g/mol. The fourth-order valence-corrected chi connectivity index (χ4v) is 2.55. The summed E-state index contributed by atoms with van der Waals surface area (Å²) >= 11 is 0. The number of nitrogens with one attached hydrogen (secondary N) is 1. The predicted molar refractivity (Wildman–Crippen MR) is 79.4 cm³/mol. The molecule has 0 bridgehead atoms. The highest BCUT2D eigenvalue weighted by Gasteiger charge is 2.20. The van der Waals surface area contributed by atoms with E-state index < -0.39 is 0 Å². The van der Waals surface area contributed by atoms with Crippen LogP contribution in [0.15, 0.2) is 12.3 Å². The molecule has 1 fully saturated rings. The van der Waals surface area contributed by atoms with Crippen LogP contribution in [-0.2, 0) is 0 Å². The zero-order chi connectivity index (χ0) is 13.7. The molecule has 1 aromatic rings. The quantitative estimate of drug-likeness (QED) is 0.883. The first-order chi connectivity index (χ1) is 9.15. The summed E-state index contributed by atoms with van der Waals surface area (Å²) in [5, 5.41) is 11.8. The molecule has 1 aliphatic heterocycles. The van der Waals surface area contributed by atoms with E-state index in [2.05, 4.69) is 47.3 Å². The molecule has 0 amide bonds. The van der Waals surface area contributed by atoms with Gasteiger partial charge in [-0.1, -0.05) is 13.8 Å². The second-order valence-electron chi connectivity index (χ2n) is 6.07. The molecule has 0 unspecified atom stereocenters. The Morgan fingerprint density at radius 2 is 2.11 bits per heavy atom. The molecule has 2 rings (SSSR count). The summed E-state index contributed by atoms with van der Waals surface area (Å²) in [5.74, 6) is 2.59. The van der Waals surface area contributed by atoms with Gasteiger partial charge in [-0.25, -0.2) is 0 Å². The van der Waals surface area contributed by atoms with Gasteiger partial charge in [0.05, 0.1) is 6.20 Å². The number of nitrogens with zero attached hydrogens (tertiary/aromatic N) is 3. The Morgan fingerprint density at radius 3 is 2.74 bits per heavy atom. The minimum absolute atomic E-state index is 0.739. The standard InChI is InChI=1S/C15H26N4/c1-12(2)9-16-11-14-4-6-19(7-5-14)15-8-13(3)10-17-18-15/h8,10,12,14,16H,4-7,9,11H2,1-3H3. The van der Waals surface area contributed by atoms with Gasteiger partial charge in [-0.2, -0.15) is 5.10 Å². The van der Waals surface area contributed by atoms with Gasteiger partial charge in [-0.3, -0.25) is 0 Å². The lowest BCUT2D eigenvalue weighted by atomic mass is 9.96. The predicted octanol–water partition coefficient (Wildman–Crippen LogP) is 2.25. The lowest BCUT2D eigenvalue weighted by Crippen LogP contribution is -2.38. The van der Waals surface area contributed by atoms with Gasteiger partial charge in [0, 0.05) is 13.1 Å². The molecule has 1 aromatic heterocycles. The van der Waals surface area contributed by atoms with Crippen molar-refractivity contribution < 1.29 is 0 Å². The van der Waals surface area contributed by atoms with Crippen LogP contribution >= 0.6 is 0 Å². The normalized spacial score (nSPS) is 17.2. The molecule has 4 nitrogen and oxygen atoms in total.